The summed E-state index contributed by atoms with van der Waals surface area (Å²) in [6.45, 7) is 2.25. The van der Waals surface area contributed by atoms with Crippen molar-refractivity contribution >= 4 is 17.6 Å². The molecule has 0 saturated heterocycles. The van der Waals surface area contributed by atoms with Gasteiger partial charge in [-0.1, -0.05) is 6.07 Å². The second kappa shape index (κ2) is 6.08. The minimum Gasteiger partial charge on any atom is -0.370 e. The fourth-order valence-electron chi connectivity index (χ4n) is 1.39. The number of hydrogen-bond donors (Lipinski definition) is 1. The molecule has 2 aromatic rings. The Labute approximate surface area is 117 Å². The summed E-state index contributed by atoms with van der Waals surface area (Å²) < 4.78 is 38.2. The van der Waals surface area contributed by atoms with E-state index in [1.165, 1.54) is 6.07 Å². The molecule has 0 aromatic carbocycles. The first-order chi connectivity index (χ1) is 9.49. The fourth-order valence-corrected chi connectivity index (χ4v) is 2.17. The Morgan fingerprint density at radius 2 is 2.00 bits per heavy atom. The van der Waals surface area contributed by atoms with Gasteiger partial charge in [0.1, 0.15) is 15.9 Å². The molecule has 106 valence electrons. The van der Waals surface area contributed by atoms with Gasteiger partial charge < -0.3 is 5.32 Å². The largest absolute Gasteiger partial charge is 0.451 e. The lowest BCUT2D eigenvalue weighted by molar-refractivity contribution is -0.145. The number of pyridine rings is 1. The highest BCUT2D eigenvalue weighted by molar-refractivity contribution is 7.99. The van der Waals surface area contributed by atoms with Crippen molar-refractivity contribution in [3.8, 4) is 0 Å². The third-order valence-corrected chi connectivity index (χ3v) is 3.03. The van der Waals surface area contributed by atoms with Gasteiger partial charge in [0, 0.05) is 18.8 Å². The van der Waals surface area contributed by atoms with E-state index in [2.05, 4.69) is 20.3 Å². The van der Waals surface area contributed by atoms with Gasteiger partial charge >= 0.3 is 6.18 Å². The molecule has 0 aliphatic heterocycles. The maximum Gasteiger partial charge on any atom is 0.451 e. The van der Waals surface area contributed by atoms with Gasteiger partial charge in [0.2, 0.25) is 5.82 Å². The summed E-state index contributed by atoms with van der Waals surface area (Å²) in [5, 5.41) is 3.53. The molecule has 2 rings (SSSR count). The molecule has 4 nitrogen and oxygen atoms in total. The lowest BCUT2D eigenvalue weighted by atomic mass is 10.5. The van der Waals surface area contributed by atoms with Crippen molar-refractivity contribution in [1.29, 1.82) is 0 Å². The maximum absolute atomic E-state index is 12.7. The molecule has 1 N–H and O–H groups in total. The Balaban J connectivity index is 2.34. The molecule has 0 aliphatic carbocycles. The molecule has 0 unspecified atom stereocenters. The van der Waals surface area contributed by atoms with Crippen LogP contribution < -0.4 is 5.32 Å². The predicted molar refractivity (Wildman–Crippen MR) is 69.6 cm³/mol. The van der Waals surface area contributed by atoms with Crippen LogP contribution in [0.3, 0.4) is 0 Å². The molecular weight excluding hydrogens is 289 g/mol. The van der Waals surface area contributed by atoms with Gasteiger partial charge in [-0.15, -0.1) is 0 Å². The van der Waals surface area contributed by atoms with Crippen molar-refractivity contribution in [3.63, 3.8) is 0 Å². The van der Waals surface area contributed by atoms with E-state index in [1.807, 2.05) is 0 Å². The van der Waals surface area contributed by atoms with Crippen LogP contribution in [0, 0.1) is 0 Å². The van der Waals surface area contributed by atoms with Crippen molar-refractivity contribution < 1.29 is 13.2 Å². The molecular formula is C12H11F3N4S. The summed E-state index contributed by atoms with van der Waals surface area (Å²) >= 11 is 1.06. The first kappa shape index (κ1) is 14.6. The summed E-state index contributed by atoms with van der Waals surface area (Å²) in [7, 11) is 0. The average Bonchev–Trinajstić information content (AvgIpc) is 2.39. The fraction of sp³-hybridized carbons (Fsp3) is 0.250. The Morgan fingerprint density at radius 1 is 1.20 bits per heavy atom. The molecule has 0 bridgehead atoms. The van der Waals surface area contributed by atoms with Gasteiger partial charge in [0.15, 0.2) is 0 Å². The summed E-state index contributed by atoms with van der Waals surface area (Å²) in [6, 6.07) is 6.66. The third kappa shape index (κ3) is 3.83. The number of nitrogens with one attached hydrogen (secondary N) is 1. The summed E-state index contributed by atoms with van der Waals surface area (Å²) in [5.74, 6) is -1.01. The number of alkyl halides is 3. The normalized spacial score (nSPS) is 11.4. The number of nitrogens with zero attached hydrogens (tertiary/aromatic N) is 3. The molecule has 8 heteroatoms. The van der Waals surface area contributed by atoms with E-state index >= 15 is 0 Å². The van der Waals surface area contributed by atoms with E-state index in [4.69, 9.17) is 0 Å². The zero-order chi connectivity index (χ0) is 14.6. The summed E-state index contributed by atoms with van der Waals surface area (Å²) in [5.41, 5.74) is 0. The SMILES string of the molecule is CCNc1cc(Sc2ccccn2)nc(C(F)(F)F)n1. The van der Waals surface area contributed by atoms with Crippen LogP contribution in [0.15, 0.2) is 40.5 Å². The van der Waals surface area contributed by atoms with Crippen molar-refractivity contribution in [2.75, 3.05) is 11.9 Å². The van der Waals surface area contributed by atoms with Crippen LogP contribution in [-0.4, -0.2) is 21.5 Å². The smallest absolute Gasteiger partial charge is 0.370 e. The van der Waals surface area contributed by atoms with Crippen molar-refractivity contribution in [3.05, 3.63) is 36.3 Å². The lowest BCUT2D eigenvalue weighted by Crippen LogP contribution is -2.13. The van der Waals surface area contributed by atoms with Crippen LogP contribution in [0.1, 0.15) is 12.7 Å². The molecule has 0 amide bonds. The molecule has 0 aliphatic rings. The first-order valence-electron chi connectivity index (χ1n) is 5.78. The Kier molecular flexibility index (Phi) is 4.43. The Morgan fingerprint density at radius 3 is 2.60 bits per heavy atom. The predicted octanol–water partition coefficient (Wildman–Crippen LogP) is 3.47. The van der Waals surface area contributed by atoms with Crippen molar-refractivity contribution in [2.24, 2.45) is 0 Å². The van der Waals surface area contributed by atoms with E-state index in [0.29, 0.717) is 11.6 Å². The molecule has 0 saturated carbocycles. The molecule has 20 heavy (non-hydrogen) atoms. The minimum atomic E-state index is -4.58. The standard InChI is InChI=1S/C12H11F3N4S/c1-2-16-8-7-10(19-11(18-8)12(13,14)15)20-9-5-3-4-6-17-9/h3-7H,2H2,1H3,(H,16,18,19). The van der Waals surface area contributed by atoms with Crippen molar-refractivity contribution in [1.82, 2.24) is 15.0 Å². The highest BCUT2D eigenvalue weighted by atomic mass is 32.2. The zero-order valence-electron chi connectivity index (χ0n) is 10.5. The Hall–Kier alpha value is -1.83. The van der Waals surface area contributed by atoms with E-state index in [9.17, 15) is 13.2 Å². The summed E-state index contributed by atoms with van der Waals surface area (Å²) in [4.78, 5) is 11.0. The highest BCUT2D eigenvalue weighted by Crippen LogP contribution is 2.31. The quantitative estimate of drug-likeness (QED) is 0.876. The summed E-state index contributed by atoms with van der Waals surface area (Å²) in [6.07, 6.45) is -3.01. The second-order valence-corrected chi connectivity index (χ2v) is 4.75. The average molecular weight is 300 g/mol. The molecule has 0 atom stereocenters. The molecule has 0 fully saturated rings. The molecule has 2 heterocycles. The Bertz CT molecular complexity index is 575. The van der Waals surface area contributed by atoms with Gasteiger partial charge in [0.25, 0.3) is 0 Å². The van der Waals surface area contributed by atoms with Gasteiger partial charge in [0.05, 0.1) is 0 Å². The number of hydrogen-bond acceptors (Lipinski definition) is 5. The van der Waals surface area contributed by atoms with Crippen LogP contribution in [0.4, 0.5) is 19.0 Å². The van der Waals surface area contributed by atoms with Crippen LogP contribution in [0.5, 0.6) is 0 Å². The van der Waals surface area contributed by atoms with Gasteiger partial charge in [-0.2, -0.15) is 13.2 Å². The second-order valence-electron chi connectivity index (χ2n) is 3.71. The van der Waals surface area contributed by atoms with Crippen molar-refractivity contribution in [2.45, 2.75) is 23.2 Å². The van der Waals surface area contributed by atoms with Crippen LogP contribution >= 0.6 is 11.8 Å². The van der Waals surface area contributed by atoms with E-state index in [-0.39, 0.29) is 10.8 Å². The van der Waals surface area contributed by atoms with Crippen LogP contribution in [0.2, 0.25) is 0 Å². The number of halogens is 3. The lowest BCUT2D eigenvalue weighted by Gasteiger charge is -2.10. The zero-order valence-corrected chi connectivity index (χ0v) is 11.3. The van der Waals surface area contributed by atoms with Gasteiger partial charge in [-0.25, -0.2) is 15.0 Å². The number of rotatable bonds is 4. The third-order valence-electron chi connectivity index (χ3n) is 2.16. The van der Waals surface area contributed by atoms with Gasteiger partial charge in [-0.3, -0.25) is 0 Å². The number of aromatic nitrogens is 3. The topological polar surface area (TPSA) is 50.7 Å². The van der Waals surface area contributed by atoms with Crippen LogP contribution in [-0.2, 0) is 6.18 Å². The molecule has 2 aromatic heterocycles. The number of anilines is 1. The van der Waals surface area contributed by atoms with Crippen LogP contribution in [0.25, 0.3) is 0 Å². The van der Waals surface area contributed by atoms with E-state index < -0.39 is 12.0 Å². The van der Waals surface area contributed by atoms with Gasteiger partial charge in [-0.05, 0) is 30.8 Å². The highest BCUT2D eigenvalue weighted by Gasteiger charge is 2.35. The monoisotopic (exact) mass is 300 g/mol. The molecule has 0 spiro atoms. The maximum atomic E-state index is 12.7. The minimum absolute atomic E-state index is 0.147. The molecule has 0 radical (unpaired) electrons. The van der Waals surface area contributed by atoms with E-state index in [0.717, 1.165) is 11.8 Å². The first-order valence-corrected chi connectivity index (χ1v) is 6.59. The van der Waals surface area contributed by atoms with E-state index in [1.54, 1.807) is 31.3 Å².